The Morgan fingerprint density at radius 2 is 2.07 bits per heavy atom. The Bertz CT molecular complexity index is 396. The molecule has 0 spiro atoms. The number of aromatic nitrogens is 2. The molecule has 14 heavy (non-hydrogen) atoms. The van der Waals surface area contributed by atoms with E-state index in [1.165, 1.54) is 12.8 Å². The van der Waals surface area contributed by atoms with Crippen LogP contribution in [0, 0.1) is 11.6 Å². The molecule has 76 valence electrons. The van der Waals surface area contributed by atoms with Crippen molar-refractivity contribution >= 4 is 34.1 Å². The van der Waals surface area contributed by atoms with Crippen LogP contribution < -0.4 is 4.90 Å². The van der Waals surface area contributed by atoms with E-state index in [-0.39, 0.29) is 0 Å². The van der Waals surface area contributed by atoms with Crippen molar-refractivity contribution < 1.29 is 0 Å². The minimum Gasteiger partial charge on any atom is -0.342 e. The lowest BCUT2D eigenvalue weighted by Crippen LogP contribution is -2.20. The Balaban J connectivity index is 2.39. The van der Waals surface area contributed by atoms with Gasteiger partial charge < -0.3 is 9.88 Å². The molecule has 3 nitrogen and oxygen atoms in total. The highest BCUT2D eigenvalue weighted by Crippen LogP contribution is 2.20. The van der Waals surface area contributed by atoms with Gasteiger partial charge in [0.05, 0.1) is 4.47 Å². The van der Waals surface area contributed by atoms with E-state index in [9.17, 15) is 0 Å². The van der Waals surface area contributed by atoms with Crippen LogP contribution in [0.4, 0.5) is 5.95 Å². The number of nitrogens with zero attached hydrogens (tertiary/aromatic N) is 2. The van der Waals surface area contributed by atoms with Crippen LogP contribution in [0.5, 0.6) is 0 Å². The van der Waals surface area contributed by atoms with Crippen LogP contribution in [0.1, 0.15) is 18.5 Å². The van der Waals surface area contributed by atoms with E-state index in [4.69, 9.17) is 12.2 Å². The standard InChI is InChI=1S/C9H12BrN3S/c1-6-7(10)8(14)12-9(11-6)13-4-2-3-5-13/h2-5H2,1H3,(H,11,12,14). The van der Waals surface area contributed by atoms with Crippen molar-refractivity contribution in [3.8, 4) is 0 Å². The summed E-state index contributed by atoms with van der Waals surface area (Å²) in [7, 11) is 0. The second-order valence-corrected chi connectivity index (χ2v) is 4.68. The predicted molar refractivity (Wildman–Crippen MR) is 63.3 cm³/mol. The van der Waals surface area contributed by atoms with Crippen LogP contribution in [0.25, 0.3) is 0 Å². The van der Waals surface area contributed by atoms with Crippen LogP contribution in [-0.4, -0.2) is 23.1 Å². The molecule has 1 aromatic heterocycles. The maximum atomic E-state index is 5.16. The highest BCUT2D eigenvalue weighted by atomic mass is 79.9. The Morgan fingerprint density at radius 3 is 2.64 bits per heavy atom. The molecule has 5 heteroatoms. The fourth-order valence-corrected chi connectivity index (χ4v) is 2.06. The largest absolute Gasteiger partial charge is 0.342 e. The number of halogens is 1. The summed E-state index contributed by atoms with van der Waals surface area (Å²) >= 11 is 8.56. The van der Waals surface area contributed by atoms with Crippen LogP contribution >= 0.6 is 28.1 Å². The SMILES string of the molecule is Cc1[nH]c(N2CCCC2)nc(=S)c1Br. The summed E-state index contributed by atoms with van der Waals surface area (Å²) in [4.78, 5) is 9.86. The van der Waals surface area contributed by atoms with Crippen molar-refractivity contribution in [3.05, 3.63) is 14.8 Å². The topological polar surface area (TPSA) is 31.9 Å². The molecule has 2 rings (SSSR count). The van der Waals surface area contributed by atoms with Gasteiger partial charge in [-0.25, -0.2) is 4.98 Å². The zero-order chi connectivity index (χ0) is 10.1. The normalized spacial score (nSPS) is 16.3. The molecule has 2 heterocycles. The Kier molecular flexibility index (Phi) is 2.88. The fourth-order valence-electron chi connectivity index (χ4n) is 1.63. The van der Waals surface area contributed by atoms with Gasteiger partial charge >= 0.3 is 0 Å². The van der Waals surface area contributed by atoms with Gasteiger partial charge in [0.1, 0.15) is 4.64 Å². The number of hydrogen-bond acceptors (Lipinski definition) is 3. The maximum Gasteiger partial charge on any atom is 0.204 e. The third kappa shape index (κ3) is 1.83. The van der Waals surface area contributed by atoms with Gasteiger partial charge in [-0.15, -0.1) is 0 Å². The van der Waals surface area contributed by atoms with Crippen LogP contribution in [0.15, 0.2) is 4.47 Å². The second kappa shape index (κ2) is 3.98. The zero-order valence-corrected chi connectivity index (χ0v) is 10.4. The van der Waals surface area contributed by atoms with Crippen molar-refractivity contribution in [1.29, 1.82) is 0 Å². The number of aryl methyl sites for hydroxylation is 1. The molecular weight excluding hydrogens is 262 g/mol. The first-order valence-corrected chi connectivity index (χ1v) is 5.90. The van der Waals surface area contributed by atoms with Crippen molar-refractivity contribution in [2.45, 2.75) is 19.8 Å². The molecule has 1 N–H and O–H groups in total. The van der Waals surface area contributed by atoms with Crippen molar-refractivity contribution in [3.63, 3.8) is 0 Å². The summed E-state index contributed by atoms with van der Waals surface area (Å²) in [6, 6.07) is 0. The van der Waals surface area contributed by atoms with Gasteiger partial charge in [-0.3, -0.25) is 0 Å². The lowest BCUT2D eigenvalue weighted by molar-refractivity contribution is 0.882. The third-order valence-electron chi connectivity index (χ3n) is 2.43. The van der Waals surface area contributed by atoms with Gasteiger partial charge in [0.15, 0.2) is 0 Å². The van der Waals surface area contributed by atoms with E-state index < -0.39 is 0 Å². The monoisotopic (exact) mass is 273 g/mol. The van der Waals surface area contributed by atoms with Crippen molar-refractivity contribution in [2.24, 2.45) is 0 Å². The molecular formula is C9H12BrN3S. The molecule has 0 aliphatic carbocycles. The van der Waals surface area contributed by atoms with Gasteiger partial charge in [0.25, 0.3) is 0 Å². The highest BCUT2D eigenvalue weighted by Gasteiger charge is 2.15. The average molecular weight is 274 g/mol. The van der Waals surface area contributed by atoms with E-state index >= 15 is 0 Å². The number of rotatable bonds is 1. The minimum absolute atomic E-state index is 0.642. The zero-order valence-electron chi connectivity index (χ0n) is 8.01. The highest BCUT2D eigenvalue weighted by molar-refractivity contribution is 9.10. The maximum absolute atomic E-state index is 5.16. The quantitative estimate of drug-likeness (QED) is 0.799. The van der Waals surface area contributed by atoms with Gasteiger partial charge in [-0.1, -0.05) is 12.2 Å². The van der Waals surface area contributed by atoms with E-state index in [1.54, 1.807) is 0 Å². The molecule has 0 amide bonds. The summed E-state index contributed by atoms with van der Waals surface area (Å²) in [5.74, 6) is 0.910. The molecule has 1 aliphatic rings. The van der Waals surface area contributed by atoms with Crippen LogP contribution in [0.3, 0.4) is 0 Å². The summed E-state index contributed by atoms with van der Waals surface area (Å²) < 4.78 is 1.54. The predicted octanol–water partition coefficient (Wildman–Crippen LogP) is 2.81. The molecule has 1 fully saturated rings. The summed E-state index contributed by atoms with van der Waals surface area (Å²) in [5, 5.41) is 0. The molecule has 0 saturated carbocycles. The van der Waals surface area contributed by atoms with Crippen molar-refractivity contribution in [1.82, 2.24) is 9.97 Å². The van der Waals surface area contributed by atoms with Gasteiger partial charge in [0.2, 0.25) is 5.95 Å². The Labute approximate surface area is 96.7 Å². The molecule has 0 aromatic carbocycles. The minimum atomic E-state index is 0.642. The molecule has 0 radical (unpaired) electrons. The first-order chi connectivity index (χ1) is 6.68. The lowest BCUT2D eigenvalue weighted by atomic mass is 10.4. The summed E-state index contributed by atoms with van der Waals surface area (Å²) in [6.45, 7) is 4.17. The lowest BCUT2D eigenvalue weighted by Gasteiger charge is -2.16. The number of hydrogen-bond donors (Lipinski definition) is 1. The number of aromatic amines is 1. The molecule has 1 aliphatic heterocycles. The first kappa shape index (κ1) is 10.1. The van der Waals surface area contributed by atoms with Gasteiger partial charge in [0, 0.05) is 18.8 Å². The van der Waals surface area contributed by atoms with Gasteiger partial charge in [-0.05, 0) is 35.7 Å². The summed E-state index contributed by atoms with van der Waals surface area (Å²) in [5.41, 5.74) is 1.05. The van der Waals surface area contributed by atoms with E-state index in [0.717, 1.165) is 29.2 Å². The third-order valence-corrected chi connectivity index (χ3v) is 3.96. The second-order valence-electron chi connectivity index (χ2n) is 3.50. The fraction of sp³-hybridized carbons (Fsp3) is 0.556. The van der Waals surface area contributed by atoms with E-state index in [2.05, 4.69) is 30.8 Å². The molecule has 0 atom stereocenters. The average Bonchev–Trinajstić information content (AvgIpc) is 2.66. The summed E-state index contributed by atoms with van der Waals surface area (Å²) in [6.07, 6.45) is 2.49. The van der Waals surface area contributed by atoms with Crippen LogP contribution in [-0.2, 0) is 0 Å². The van der Waals surface area contributed by atoms with E-state index in [0.29, 0.717) is 4.64 Å². The Morgan fingerprint density at radius 1 is 1.43 bits per heavy atom. The first-order valence-electron chi connectivity index (χ1n) is 4.70. The number of nitrogens with one attached hydrogen (secondary N) is 1. The number of H-pyrrole nitrogens is 1. The molecule has 1 saturated heterocycles. The Hall–Kier alpha value is -0.420. The molecule has 0 bridgehead atoms. The molecule has 1 aromatic rings. The number of anilines is 1. The van der Waals surface area contributed by atoms with Crippen LogP contribution in [0.2, 0.25) is 0 Å². The smallest absolute Gasteiger partial charge is 0.204 e. The van der Waals surface area contributed by atoms with E-state index in [1.807, 2.05) is 6.92 Å². The van der Waals surface area contributed by atoms with Gasteiger partial charge in [-0.2, -0.15) is 0 Å². The molecule has 0 unspecified atom stereocenters. The van der Waals surface area contributed by atoms with Crippen molar-refractivity contribution in [2.75, 3.05) is 18.0 Å².